The van der Waals surface area contributed by atoms with Gasteiger partial charge in [0.1, 0.15) is 12.2 Å². The lowest BCUT2D eigenvalue weighted by Gasteiger charge is -2.26. The van der Waals surface area contributed by atoms with Crippen LogP contribution in [0.25, 0.3) is 6.08 Å². The van der Waals surface area contributed by atoms with E-state index in [4.69, 9.17) is 15.9 Å². The molecule has 152 valence electrons. The van der Waals surface area contributed by atoms with E-state index in [0.717, 1.165) is 10.5 Å². The molecule has 4 amide bonds. The molecule has 7 nitrogen and oxygen atoms in total. The first kappa shape index (κ1) is 20.7. The Morgan fingerprint density at radius 1 is 1.07 bits per heavy atom. The number of amides is 4. The molecule has 0 bridgehead atoms. The van der Waals surface area contributed by atoms with Crippen LogP contribution in [0.1, 0.15) is 18.1 Å². The molecule has 1 saturated heterocycles. The number of rotatable bonds is 6. The van der Waals surface area contributed by atoms with Crippen molar-refractivity contribution in [3.63, 3.8) is 0 Å². The second-order valence-electron chi connectivity index (χ2n) is 6.43. The average Bonchev–Trinajstić information content (AvgIpc) is 2.72. The van der Waals surface area contributed by atoms with E-state index in [1.165, 1.54) is 6.08 Å². The minimum Gasteiger partial charge on any atom is -0.490 e. The summed E-state index contributed by atoms with van der Waals surface area (Å²) in [5.74, 6) is 1.79. The van der Waals surface area contributed by atoms with Crippen LogP contribution in [0.15, 0.2) is 48.0 Å². The van der Waals surface area contributed by atoms with Gasteiger partial charge >= 0.3 is 6.03 Å². The number of benzene rings is 2. The number of hydrogen-bond acceptors (Lipinski definition) is 5. The van der Waals surface area contributed by atoms with Gasteiger partial charge in [0.15, 0.2) is 11.5 Å². The Hall–Kier alpha value is -4.05. The molecule has 2 aromatic carbocycles. The average molecular weight is 404 g/mol. The van der Waals surface area contributed by atoms with Crippen LogP contribution in [0.4, 0.5) is 10.5 Å². The lowest BCUT2D eigenvalue weighted by molar-refractivity contribution is -0.122. The smallest absolute Gasteiger partial charge is 0.335 e. The molecule has 0 spiro atoms. The first-order valence-corrected chi connectivity index (χ1v) is 9.25. The van der Waals surface area contributed by atoms with Crippen LogP contribution in [0.3, 0.4) is 0 Å². The van der Waals surface area contributed by atoms with E-state index in [9.17, 15) is 14.4 Å². The molecule has 1 aliphatic heterocycles. The van der Waals surface area contributed by atoms with Gasteiger partial charge in [0.25, 0.3) is 11.8 Å². The third-order valence-electron chi connectivity index (χ3n) is 4.28. The van der Waals surface area contributed by atoms with Crippen LogP contribution in [-0.4, -0.2) is 31.1 Å². The van der Waals surface area contributed by atoms with Crippen LogP contribution >= 0.6 is 0 Å². The molecule has 2 aromatic rings. The van der Waals surface area contributed by atoms with E-state index < -0.39 is 17.8 Å². The van der Waals surface area contributed by atoms with Gasteiger partial charge in [-0.2, -0.15) is 0 Å². The number of ether oxygens (including phenoxy) is 2. The minimum absolute atomic E-state index is 0.0784. The van der Waals surface area contributed by atoms with Gasteiger partial charge < -0.3 is 9.47 Å². The van der Waals surface area contributed by atoms with Crippen molar-refractivity contribution in [1.29, 1.82) is 0 Å². The predicted molar refractivity (Wildman–Crippen MR) is 112 cm³/mol. The van der Waals surface area contributed by atoms with Crippen molar-refractivity contribution in [3.05, 3.63) is 59.2 Å². The van der Waals surface area contributed by atoms with Crippen molar-refractivity contribution in [2.75, 3.05) is 18.1 Å². The fourth-order valence-corrected chi connectivity index (χ4v) is 2.87. The molecule has 3 rings (SSSR count). The van der Waals surface area contributed by atoms with Gasteiger partial charge in [-0.15, -0.1) is 6.42 Å². The highest BCUT2D eigenvalue weighted by molar-refractivity contribution is 6.39. The third-order valence-corrected chi connectivity index (χ3v) is 4.28. The summed E-state index contributed by atoms with van der Waals surface area (Å²) < 4.78 is 11.0. The van der Waals surface area contributed by atoms with Gasteiger partial charge in [0.2, 0.25) is 0 Å². The number of nitrogens with zero attached hydrogens (tertiary/aromatic N) is 1. The van der Waals surface area contributed by atoms with Crippen LogP contribution < -0.4 is 19.7 Å². The molecular formula is C23H20N2O5. The maximum absolute atomic E-state index is 13.0. The Morgan fingerprint density at radius 2 is 1.80 bits per heavy atom. The van der Waals surface area contributed by atoms with Gasteiger partial charge in [-0.05, 0) is 49.8 Å². The minimum atomic E-state index is -0.793. The zero-order chi connectivity index (χ0) is 21.7. The maximum atomic E-state index is 13.0. The van der Waals surface area contributed by atoms with Crippen molar-refractivity contribution in [2.24, 2.45) is 0 Å². The monoisotopic (exact) mass is 404 g/mol. The Balaban J connectivity index is 1.96. The summed E-state index contributed by atoms with van der Waals surface area (Å²) >= 11 is 0. The highest BCUT2D eigenvalue weighted by Gasteiger charge is 2.36. The number of anilines is 1. The molecule has 0 unspecified atom stereocenters. The highest BCUT2D eigenvalue weighted by atomic mass is 16.5. The zero-order valence-corrected chi connectivity index (χ0v) is 16.6. The SMILES string of the molecule is C#CCOc1ccc(/C=C2\C(=O)NC(=O)N(c3ccc(C)cc3)C2=O)cc1OCC. The molecule has 1 N–H and O–H groups in total. The fraction of sp³-hybridized carbons (Fsp3) is 0.174. The summed E-state index contributed by atoms with van der Waals surface area (Å²) in [5, 5.41) is 2.20. The standard InChI is InChI=1S/C23H20N2O5/c1-4-12-30-19-11-8-16(14-20(19)29-5-2)13-18-21(26)24-23(28)25(22(18)27)17-9-6-15(3)7-10-17/h1,6-11,13-14H,5,12H2,2-3H3,(H,24,26,28)/b18-13+. The summed E-state index contributed by atoms with van der Waals surface area (Å²) in [6.07, 6.45) is 6.63. The van der Waals surface area contributed by atoms with Gasteiger partial charge in [-0.25, -0.2) is 9.69 Å². The Bertz CT molecular complexity index is 1060. The Labute approximate surface area is 174 Å². The van der Waals surface area contributed by atoms with Gasteiger partial charge in [0.05, 0.1) is 12.3 Å². The number of barbiturate groups is 1. The molecule has 0 atom stereocenters. The largest absolute Gasteiger partial charge is 0.490 e. The molecular weight excluding hydrogens is 384 g/mol. The topological polar surface area (TPSA) is 84.9 Å². The number of urea groups is 1. The van der Waals surface area contributed by atoms with E-state index in [-0.39, 0.29) is 12.2 Å². The third kappa shape index (κ3) is 4.33. The fourth-order valence-electron chi connectivity index (χ4n) is 2.87. The first-order chi connectivity index (χ1) is 14.4. The van der Waals surface area contributed by atoms with E-state index in [1.54, 1.807) is 42.5 Å². The van der Waals surface area contributed by atoms with Crippen LogP contribution in [-0.2, 0) is 9.59 Å². The van der Waals surface area contributed by atoms with Crippen molar-refractivity contribution >= 4 is 29.6 Å². The van der Waals surface area contributed by atoms with Crippen molar-refractivity contribution in [3.8, 4) is 23.8 Å². The molecule has 1 fully saturated rings. The van der Waals surface area contributed by atoms with Crippen LogP contribution in [0.5, 0.6) is 11.5 Å². The molecule has 30 heavy (non-hydrogen) atoms. The summed E-state index contributed by atoms with van der Waals surface area (Å²) in [5.41, 5.74) is 1.71. The van der Waals surface area contributed by atoms with E-state index in [0.29, 0.717) is 29.4 Å². The molecule has 0 radical (unpaired) electrons. The van der Waals surface area contributed by atoms with Crippen molar-refractivity contribution in [1.82, 2.24) is 5.32 Å². The van der Waals surface area contributed by atoms with E-state index >= 15 is 0 Å². The summed E-state index contributed by atoms with van der Waals surface area (Å²) in [6, 6.07) is 11.0. The highest BCUT2D eigenvalue weighted by Crippen LogP contribution is 2.30. The normalized spacial score (nSPS) is 15.0. The first-order valence-electron chi connectivity index (χ1n) is 9.25. The predicted octanol–water partition coefficient (Wildman–Crippen LogP) is 3.07. The molecule has 0 aliphatic carbocycles. The molecule has 0 aromatic heterocycles. The quantitative estimate of drug-likeness (QED) is 0.454. The van der Waals surface area contributed by atoms with Gasteiger partial charge in [-0.3, -0.25) is 14.9 Å². The number of carbonyl (C=O) groups is 3. The van der Waals surface area contributed by atoms with E-state index in [1.807, 2.05) is 13.8 Å². The number of carbonyl (C=O) groups excluding carboxylic acids is 3. The Kier molecular flexibility index (Phi) is 6.18. The van der Waals surface area contributed by atoms with Crippen molar-refractivity contribution < 1.29 is 23.9 Å². The second kappa shape index (κ2) is 8.97. The van der Waals surface area contributed by atoms with Crippen LogP contribution in [0.2, 0.25) is 0 Å². The molecule has 7 heteroatoms. The lowest BCUT2D eigenvalue weighted by atomic mass is 10.1. The summed E-state index contributed by atoms with van der Waals surface area (Å²) in [7, 11) is 0. The number of terminal acetylenes is 1. The van der Waals surface area contributed by atoms with Crippen LogP contribution in [0, 0.1) is 19.3 Å². The van der Waals surface area contributed by atoms with Crippen molar-refractivity contribution in [2.45, 2.75) is 13.8 Å². The summed E-state index contributed by atoms with van der Waals surface area (Å²) in [4.78, 5) is 38.5. The molecule has 1 aliphatic rings. The number of hydrogen-bond donors (Lipinski definition) is 1. The van der Waals surface area contributed by atoms with E-state index in [2.05, 4.69) is 11.2 Å². The molecule has 0 saturated carbocycles. The number of aryl methyl sites for hydroxylation is 1. The second-order valence-corrected chi connectivity index (χ2v) is 6.43. The maximum Gasteiger partial charge on any atom is 0.335 e. The number of imide groups is 2. The Morgan fingerprint density at radius 3 is 2.47 bits per heavy atom. The number of nitrogens with one attached hydrogen (secondary N) is 1. The summed E-state index contributed by atoms with van der Waals surface area (Å²) in [6.45, 7) is 4.18. The lowest BCUT2D eigenvalue weighted by Crippen LogP contribution is -2.54. The van der Waals surface area contributed by atoms with Gasteiger partial charge in [-0.1, -0.05) is 29.7 Å². The zero-order valence-electron chi connectivity index (χ0n) is 16.6. The molecule has 1 heterocycles. The van der Waals surface area contributed by atoms with Gasteiger partial charge in [0, 0.05) is 0 Å².